The molecule has 11 nitrogen and oxygen atoms in total. The number of nitrogens with zero attached hydrogens (tertiary/aromatic N) is 4. The minimum atomic E-state index is -1.17. The van der Waals surface area contributed by atoms with Gasteiger partial charge < -0.3 is 25.3 Å². The van der Waals surface area contributed by atoms with Gasteiger partial charge in [0, 0.05) is 49.7 Å². The molecule has 4 heterocycles. The maximum Gasteiger partial charge on any atom is 0.334 e. The Bertz CT molecular complexity index is 1250. The largest absolute Gasteiger partial charge is 0.478 e. The molecule has 0 aliphatic carbocycles. The highest BCUT2D eigenvalue weighted by Crippen LogP contribution is 2.39. The van der Waals surface area contributed by atoms with E-state index in [4.69, 9.17) is 4.42 Å². The average molecular weight is 537 g/mol. The summed E-state index contributed by atoms with van der Waals surface area (Å²) < 4.78 is 5.90. The molecule has 0 amide bonds. The number of rotatable bonds is 8. The first kappa shape index (κ1) is 26.9. The number of aromatic nitrogens is 2. The monoisotopic (exact) mass is 536 g/mol. The maximum absolute atomic E-state index is 12.1. The number of nitrogens with one attached hydrogen (secondary N) is 2. The fourth-order valence-corrected chi connectivity index (χ4v) is 6.01. The van der Waals surface area contributed by atoms with Crippen LogP contribution < -0.4 is 10.6 Å². The highest BCUT2D eigenvalue weighted by molar-refractivity contribution is 5.98. The lowest BCUT2D eigenvalue weighted by Crippen LogP contribution is -2.49. The second-order valence-electron chi connectivity index (χ2n) is 10.6. The number of carboxylic acids is 2. The van der Waals surface area contributed by atoms with E-state index < -0.39 is 17.9 Å². The molecule has 208 valence electrons. The molecular weight excluding hydrogens is 500 g/mol. The molecule has 2 aromatic rings. The van der Waals surface area contributed by atoms with Gasteiger partial charge >= 0.3 is 18.0 Å². The summed E-state index contributed by atoms with van der Waals surface area (Å²) in [7, 11) is 0. The molecule has 39 heavy (non-hydrogen) atoms. The van der Waals surface area contributed by atoms with Gasteiger partial charge in [0.2, 0.25) is 5.89 Å². The number of benzene rings is 1. The van der Waals surface area contributed by atoms with Gasteiger partial charge in [0.15, 0.2) is 0 Å². The van der Waals surface area contributed by atoms with Gasteiger partial charge in [-0.05, 0) is 63.1 Å². The van der Waals surface area contributed by atoms with E-state index >= 15 is 0 Å². The highest BCUT2D eigenvalue weighted by atomic mass is 16.4. The van der Waals surface area contributed by atoms with Crippen LogP contribution in [0.5, 0.6) is 0 Å². The third-order valence-corrected chi connectivity index (χ3v) is 7.95. The fraction of sp³-hybridized carbons (Fsp3) is 0.500. The van der Waals surface area contributed by atoms with Crippen molar-refractivity contribution < 1.29 is 24.2 Å². The van der Waals surface area contributed by atoms with Crippen molar-refractivity contribution in [3.8, 4) is 0 Å². The van der Waals surface area contributed by atoms with E-state index in [2.05, 4.69) is 30.8 Å². The molecule has 2 fully saturated rings. The van der Waals surface area contributed by atoms with Crippen molar-refractivity contribution in [2.24, 2.45) is 5.92 Å². The number of hydrogen-bond acceptors (Lipinski definition) is 9. The summed E-state index contributed by atoms with van der Waals surface area (Å²) in [6.07, 6.45) is 6.83. The molecule has 4 N–H and O–H groups in total. The smallest absolute Gasteiger partial charge is 0.334 e. The zero-order chi connectivity index (χ0) is 27.5. The van der Waals surface area contributed by atoms with Crippen molar-refractivity contribution >= 4 is 23.6 Å². The summed E-state index contributed by atoms with van der Waals surface area (Å²) in [5.41, 5.74) is 1.97. The Morgan fingerprint density at radius 3 is 2.26 bits per heavy atom. The Morgan fingerprint density at radius 2 is 1.62 bits per heavy atom. The number of aliphatic carboxylic acids is 2. The van der Waals surface area contributed by atoms with Crippen LogP contribution in [0.15, 0.2) is 51.2 Å². The number of hydrogen-bond donors (Lipinski definition) is 4. The van der Waals surface area contributed by atoms with E-state index in [1.807, 2.05) is 0 Å². The molecule has 0 radical (unpaired) electrons. The number of anilines is 2. The van der Waals surface area contributed by atoms with E-state index in [9.17, 15) is 19.8 Å². The molecule has 2 saturated heterocycles. The molecule has 3 aliphatic rings. The van der Waals surface area contributed by atoms with Crippen LogP contribution in [0.1, 0.15) is 63.3 Å². The van der Waals surface area contributed by atoms with Crippen LogP contribution in [-0.2, 0) is 16.0 Å². The molecule has 11 heteroatoms. The standard InChI is InChI=1S/C28H36N6O5/c1-17-23(26(35)36)25(24(27(37)38)18(2)29-17)20-7-6-8-21(16-20)30-28-32-31-22(39-28)15-19-9-13-34(14-10-19)33-11-4-3-5-12-33/h6-8,16,19,25,29H,3-5,9-15H2,1-2H3,(H,30,32)(H,35,36)(H,37,38). The predicted molar refractivity (Wildman–Crippen MR) is 144 cm³/mol. The summed E-state index contributed by atoms with van der Waals surface area (Å²) in [6, 6.07) is 7.23. The van der Waals surface area contributed by atoms with E-state index in [1.165, 1.54) is 32.4 Å². The van der Waals surface area contributed by atoms with Crippen LogP contribution in [0.4, 0.5) is 11.7 Å². The van der Waals surface area contributed by atoms with Crippen molar-refractivity contribution in [1.82, 2.24) is 25.5 Å². The lowest BCUT2D eigenvalue weighted by Gasteiger charge is -2.41. The van der Waals surface area contributed by atoms with Gasteiger partial charge in [-0.2, -0.15) is 0 Å². The van der Waals surface area contributed by atoms with Crippen LogP contribution in [0, 0.1) is 5.92 Å². The Labute approximate surface area is 227 Å². The zero-order valence-electron chi connectivity index (χ0n) is 22.4. The summed E-state index contributed by atoms with van der Waals surface area (Å²) in [5, 5.41) is 39.2. The summed E-state index contributed by atoms with van der Waals surface area (Å²) in [6.45, 7) is 7.74. The lowest BCUT2D eigenvalue weighted by molar-refractivity contribution is -0.133. The zero-order valence-corrected chi connectivity index (χ0v) is 22.4. The Morgan fingerprint density at radius 1 is 0.974 bits per heavy atom. The van der Waals surface area contributed by atoms with Gasteiger partial charge in [-0.15, -0.1) is 5.10 Å². The van der Waals surface area contributed by atoms with E-state index in [0.29, 0.717) is 34.5 Å². The van der Waals surface area contributed by atoms with Gasteiger partial charge in [0.1, 0.15) is 0 Å². The van der Waals surface area contributed by atoms with Gasteiger partial charge in [0.05, 0.1) is 17.1 Å². The Balaban J connectivity index is 1.25. The minimum Gasteiger partial charge on any atom is -0.478 e. The fourth-order valence-electron chi connectivity index (χ4n) is 6.01. The van der Waals surface area contributed by atoms with Gasteiger partial charge in [-0.25, -0.2) is 19.6 Å². The first-order valence-corrected chi connectivity index (χ1v) is 13.6. The molecule has 5 rings (SSSR count). The number of hydrazine groups is 1. The highest BCUT2D eigenvalue weighted by Gasteiger charge is 2.36. The normalized spacial score (nSPS) is 20.3. The SMILES string of the molecule is CC1=C(C(=O)O)C(c2cccc(Nc3nnc(CC4CCN(N5CCCCC5)CC4)o3)c2)C(C(=O)O)=C(C)N1. The minimum absolute atomic E-state index is 0.00145. The first-order valence-electron chi connectivity index (χ1n) is 13.6. The Hall–Kier alpha value is -3.70. The number of allylic oxidation sites excluding steroid dienone is 2. The van der Waals surface area contributed by atoms with Crippen LogP contribution in [0.3, 0.4) is 0 Å². The number of piperidine rings is 2. The number of carboxylic acid groups (broad SMARTS) is 2. The summed E-state index contributed by atoms with van der Waals surface area (Å²) in [4.78, 5) is 24.2. The van der Waals surface area contributed by atoms with Gasteiger partial charge in [-0.3, -0.25) is 0 Å². The van der Waals surface area contributed by atoms with Crippen LogP contribution in [-0.4, -0.2) is 68.5 Å². The van der Waals surface area contributed by atoms with Crippen LogP contribution >= 0.6 is 0 Å². The molecule has 0 spiro atoms. The average Bonchev–Trinajstić information content (AvgIpc) is 3.35. The molecule has 3 aliphatic heterocycles. The Kier molecular flexibility index (Phi) is 7.99. The topological polar surface area (TPSA) is 144 Å². The van der Waals surface area contributed by atoms with Crippen LogP contribution in [0.25, 0.3) is 0 Å². The second-order valence-corrected chi connectivity index (χ2v) is 10.6. The van der Waals surface area contributed by atoms with Gasteiger partial charge in [0.25, 0.3) is 0 Å². The van der Waals surface area contributed by atoms with Crippen LogP contribution in [0.2, 0.25) is 0 Å². The van der Waals surface area contributed by atoms with Crippen molar-refractivity contribution in [2.75, 3.05) is 31.5 Å². The quantitative estimate of drug-likeness (QED) is 0.390. The van der Waals surface area contributed by atoms with Gasteiger partial charge in [-0.1, -0.05) is 23.7 Å². The van der Waals surface area contributed by atoms with Crippen molar-refractivity contribution in [2.45, 2.75) is 58.3 Å². The molecule has 0 atom stereocenters. The third kappa shape index (κ3) is 5.99. The van der Waals surface area contributed by atoms with Crippen molar-refractivity contribution in [1.29, 1.82) is 0 Å². The summed E-state index contributed by atoms with van der Waals surface area (Å²) >= 11 is 0. The molecule has 0 bridgehead atoms. The second kappa shape index (κ2) is 11.6. The predicted octanol–water partition coefficient (Wildman–Crippen LogP) is 3.87. The van der Waals surface area contributed by atoms with E-state index in [0.717, 1.165) is 32.4 Å². The van der Waals surface area contributed by atoms with Crippen molar-refractivity contribution in [3.63, 3.8) is 0 Å². The maximum atomic E-state index is 12.1. The molecule has 0 unspecified atom stereocenters. The molecular formula is C28H36N6O5. The lowest BCUT2D eigenvalue weighted by atomic mass is 9.80. The van der Waals surface area contributed by atoms with Crippen molar-refractivity contribution in [3.05, 3.63) is 58.3 Å². The molecule has 0 saturated carbocycles. The molecule has 1 aromatic carbocycles. The van der Waals surface area contributed by atoms with E-state index in [1.54, 1.807) is 38.1 Å². The third-order valence-electron chi connectivity index (χ3n) is 7.95. The summed E-state index contributed by atoms with van der Waals surface area (Å²) in [5.74, 6) is -2.19. The number of dihydropyridines is 1. The molecule has 1 aromatic heterocycles. The number of carbonyl (C=O) groups is 2. The first-order chi connectivity index (χ1) is 18.8. The van der Waals surface area contributed by atoms with E-state index in [-0.39, 0.29) is 17.2 Å².